The Kier molecular flexibility index (Phi) is 6.57. The average molecular weight is 362 g/mol. The molecule has 5 nitrogen and oxygen atoms in total. The van der Waals surface area contributed by atoms with Crippen LogP contribution < -0.4 is 9.84 Å². The van der Waals surface area contributed by atoms with E-state index in [1.165, 1.54) is 16.7 Å². The van der Waals surface area contributed by atoms with E-state index in [0.717, 1.165) is 5.56 Å². The Bertz CT molecular complexity index is 700. The number of thioether (sulfide) groups is 1. The van der Waals surface area contributed by atoms with Gasteiger partial charge in [0, 0.05) is 18.1 Å². The van der Waals surface area contributed by atoms with Gasteiger partial charge in [0.25, 0.3) is 5.91 Å². The van der Waals surface area contributed by atoms with E-state index < -0.39 is 5.97 Å². The van der Waals surface area contributed by atoms with Crippen molar-refractivity contribution in [3.63, 3.8) is 0 Å². The van der Waals surface area contributed by atoms with Crippen molar-refractivity contribution in [1.82, 2.24) is 4.90 Å². The van der Waals surface area contributed by atoms with Crippen molar-refractivity contribution in [3.05, 3.63) is 47.4 Å². The summed E-state index contributed by atoms with van der Waals surface area (Å²) in [5.74, 6) is -0.703. The minimum atomic E-state index is -1.13. The molecule has 2 rings (SSSR count). The van der Waals surface area contributed by atoms with Gasteiger partial charge in [-0.3, -0.25) is 9.69 Å². The van der Waals surface area contributed by atoms with Crippen LogP contribution in [0.3, 0.4) is 0 Å². The second-order valence-electron chi connectivity index (χ2n) is 4.95. The largest absolute Gasteiger partial charge is 0.550 e. The number of carbonyl (C=O) groups is 2. The molecule has 126 valence electrons. The fourth-order valence-corrected chi connectivity index (χ4v) is 3.39. The number of hydrogen-bond acceptors (Lipinski definition) is 6. The molecule has 0 aromatic heterocycles. The molecular formula is C17H16NO4S2-. The Labute approximate surface area is 150 Å². The molecule has 0 spiro atoms. The summed E-state index contributed by atoms with van der Waals surface area (Å²) in [6.07, 6.45) is 3.58. The molecule has 1 amide bonds. The maximum atomic E-state index is 12.5. The van der Waals surface area contributed by atoms with Crippen LogP contribution in [-0.4, -0.2) is 34.2 Å². The van der Waals surface area contributed by atoms with Gasteiger partial charge in [0.05, 0.1) is 4.91 Å². The highest BCUT2D eigenvalue weighted by molar-refractivity contribution is 8.26. The van der Waals surface area contributed by atoms with E-state index in [9.17, 15) is 14.7 Å². The van der Waals surface area contributed by atoms with Crippen LogP contribution in [-0.2, 0) is 9.59 Å². The standard InChI is InChI=1S/C17H17NO4S2/c1-2-10-22-13-7-4-3-6-12(13)11-14-16(21)18(17(23)24-14)9-5-8-15(19)20/h2-4,6-7,11H,1,5,8-10H2,(H,19,20)/p-1/b14-11-. The van der Waals surface area contributed by atoms with Gasteiger partial charge in [-0.25, -0.2) is 0 Å². The number of amides is 1. The highest BCUT2D eigenvalue weighted by Crippen LogP contribution is 2.34. The molecule has 1 aromatic carbocycles. The molecule has 0 unspecified atom stereocenters. The first-order valence-electron chi connectivity index (χ1n) is 7.31. The SMILES string of the molecule is C=CCOc1ccccc1/C=C1\SC(=S)N(CCCC(=O)[O-])C1=O. The summed E-state index contributed by atoms with van der Waals surface area (Å²) in [4.78, 5) is 24.8. The molecule has 0 bridgehead atoms. The van der Waals surface area contributed by atoms with Gasteiger partial charge in [-0.2, -0.15) is 0 Å². The van der Waals surface area contributed by atoms with E-state index >= 15 is 0 Å². The molecule has 1 aliphatic rings. The van der Waals surface area contributed by atoms with Crippen LogP contribution in [0.5, 0.6) is 5.75 Å². The predicted octanol–water partition coefficient (Wildman–Crippen LogP) is 1.98. The molecule has 0 saturated carbocycles. The second-order valence-corrected chi connectivity index (χ2v) is 6.62. The van der Waals surface area contributed by atoms with Gasteiger partial charge in [-0.15, -0.1) is 0 Å². The van der Waals surface area contributed by atoms with Gasteiger partial charge in [-0.1, -0.05) is 54.8 Å². The van der Waals surface area contributed by atoms with Gasteiger partial charge < -0.3 is 14.6 Å². The van der Waals surface area contributed by atoms with Crippen LogP contribution >= 0.6 is 24.0 Å². The Hall–Kier alpha value is -2.12. The molecule has 7 heteroatoms. The Morgan fingerprint density at radius 2 is 2.17 bits per heavy atom. The topological polar surface area (TPSA) is 69.7 Å². The first kappa shape index (κ1) is 18.2. The molecule has 0 atom stereocenters. The van der Waals surface area contributed by atoms with Gasteiger partial charge in [0.2, 0.25) is 0 Å². The summed E-state index contributed by atoms with van der Waals surface area (Å²) in [7, 11) is 0. The summed E-state index contributed by atoms with van der Waals surface area (Å²) in [6, 6.07) is 7.37. The van der Waals surface area contributed by atoms with E-state index in [1.807, 2.05) is 24.3 Å². The van der Waals surface area contributed by atoms with E-state index in [0.29, 0.717) is 28.0 Å². The molecule has 0 N–H and O–H groups in total. The zero-order valence-electron chi connectivity index (χ0n) is 12.9. The molecule has 1 aliphatic heterocycles. The van der Waals surface area contributed by atoms with Crippen LogP contribution in [0.4, 0.5) is 0 Å². The number of hydrogen-bond donors (Lipinski definition) is 0. The van der Waals surface area contributed by atoms with Crippen LogP contribution in [0.15, 0.2) is 41.8 Å². The summed E-state index contributed by atoms with van der Waals surface area (Å²) in [5.41, 5.74) is 0.773. The lowest BCUT2D eigenvalue weighted by Crippen LogP contribution is -2.30. The van der Waals surface area contributed by atoms with Crippen molar-refractivity contribution in [2.75, 3.05) is 13.2 Å². The predicted molar refractivity (Wildman–Crippen MR) is 96.3 cm³/mol. The zero-order chi connectivity index (χ0) is 17.5. The number of thiocarbonyl (C=S) groups is 1. The van der Waals surface area contributed by atoms with Gasteiger partial charge in [0.15, 0.2) is 0 Å². The fraction of sp³-hybridized carbons (Fsp3) is 0.235. The average Bonchev–Trinajstić information content (AvgIpc) is 2.81. The van der Waals surface area contributed by atoms with Crippen molar-refractivity contribution in [2.24, 2.45) is 0 Å². The number of aliphatic carboxylic acids is 1. The molecule has 24 heavy (non-hydrogen) atoms. The highest BCUT2D eigenvalue weighted by atomic mass is 32.2. The number of ether oxygens (including phenoxy) is 1. The first-order valence-corrected chi connectivity index (χ1v) is 8.53. The van der Waals surface area contributed by atoms with Crippen LogP contribution in [0, 0.1) is 0 Å². The smallest absolute Gasteiger partial charge is 0.266 e. The maximum absolute atomic E-state index is 12.5. The molecule has 0 radical (unpaired) electrons. The number of rotatable bonds is 8. The number of nitrogens with zero attached hydrogens (tertiary/aromatic N) is 1. The number of carboxylic acids is 1. The van der Waals surface area contributed by atoms with Gasteiger partial charge in [0.1, 0.15) is 16.7 Å². The zero-order valence-corrected chi connectivity index (χ0v) is 14.5. The Morgan fingerprint density at radius 1 is 1.42 bits per heavy atom. The monoisotopic (exact) mass is 362 g/mol. The third-order valence-electron chi connectivity index (χ3n) is 3.20. The van der Waals surface area contributed by atoms with Crippen LogP contribution in [0.1, 0.15) is 18.4 Å². The molecule has 1 aromatic rings. The van der Waals surface area contributed by atoms with Crippen molar-refractivity contribution in [2.45, 2.75) is 12.8 Å². The highest BCUT2D eigenvalue weighted by Gasteiger charge is 2.31. The third kappa shape index (κ3) is 4.69. The fourth-order valence-electron chi connectivity index (χ4n) is 2.10. The van der Waals surface area contributed by atoms with Crippen LogP contribution in [0.2, 0.25) is 0 Å². The minimum absolute atomic E-state index is 0.103. The molecular weight excluding hydrogens is 346 g/mol. The summed E-state index contributed by atoms with van der Waals surface area (Å²) in [6.45, 7) is 4.25. The number of para-hydroxylation sites is 1. The number of carboxylic acid groups (broad SMARTS) is 1. The lowest BCUT2D eigenvalue weighted by molar-refractivity contribution is -0.305. The number of carbonyl (C=O) groups excluding carboxylic acids is 2. The Morgan fingerprint density at radius 3 is 2.88 bits per heavy atom. The molecule has 1 heterocycles. The normalized spacial score (nSPS) is 15.8. The quantitative estimate of drug-likeness (QED) is 0.400. The van der Waals surface area contributed by atoms with E-state index in [1.54, 1.807) is 12.2 Å². The van der Waals surface area contributed by atoms with Gasteiger partial charge in [-0.05, 0) is 25.0 Å². The van der Waals surface area contributed by atoms with Gasteiger partial charge >= 0.3 is 0 Å². The van der Waals surface area contributed by atoms with Crippen molar-refractivity contribution < 1.29 is 19.4 Å². The molecule has 1 fully saturated rings. The summed E-state index contributed by atoms with van der Waals surface area (Å²) >= 11 is 6.41. The van der Waals surface area contributed by atoms with E-state index in [-0.39, 0.29) is 18.9 Å². The maximum Gasteiger partial charge on any atom is 0.266 e. The lowest BCUT2D eigenvalue weighted by Gasteiger charge is -2.14. The minimum Gasteiger partial charge on any atom is -0.550 e. The van der Waals surface area contributed by atoms with Crippen molar-refractivity contribution in [3.8, 4) is 5.75 Å². The summed E-state index contributed by atoms with van der Waals surface area (Å²) in [5, 5.41) is 10.5. The summed E-state index contributed by atoms with van der Waals surface area (Å²) < 4.78 is 6.00. The molecule has 0 aliphatic carbocycles. The Balaban J connectivity index is 2.13. The van der Waals surface area contributed by atoms with Crippen molar-refractivity contribution >= 4 is 46.3 Å². The first-order chi connectivity index (χ1) is 11.5. The van der Waals surface area contributed by atoms with E-state index in [2.05, 4.69) is 6.58 Å². The lowest BCUT2D eigenvalue weighted by atomic mass is 10.2. The van der Waals surface area contributed by atoms with E-state index in [4.69, 9.17) is 17.0 Å². The number of benzene rings is 1. The van der Waals surface area contributed by atoms with Crippen molar-refractivity contribution in [1.29, 1.82) is 0 Å². The van der Waals surface area contributed by atoms with Crippen LogP contribution in [0.25, 0.3) is 6.08 Å². The third-order valence-corrected chi connectivity index (χ3v) is 4.58. The second kappa shape index (κ2) is 8.65. The molecule has 1 saturated heterocycles.